The minimum atomic E-state index is 0.414. The number of fused-ring (bicyclic) bond motifs is 5. The lowest BCUT2D eigenvalue weighted by atomic mass is 9.47. The third kappa shape index (κ3) is 5.34. The molecule has 196 valence electrons. The number of rotatable bonds is 11. The summed E-state index contributed by atoms with van der Waals surface area (Å²) in [7, 11) is 0. The molecule has 0 aromatic carbocycles. The van der Waals surface area contributed by atoms with E-state index in [9.17, 15) is 0 Å². The van der Waals surface area contributed by atoms with Gasteiger partial charge in [0.15, 0.2) is 0 Å². The van der Waals surface area contributed by atoms with Gasteiger partial charge in [0.25, 0.3) is 0 Å². The average molecular weight is 473 g/mol. The van der Waals surface area contributed by atoms with E-state index in [-0.39, 0.29) is 0 Å². The van der Waals surface area contributed by atoms with Crippen molar-refractivity contribution < 1.29 is 9.47 Å². The molecule has 8 atom stereocenters. The molecule has 0 bridgehead atoms. The lowest BCUT2D eigenvalue weighted by Crippen LogP contribution is -2.51. The molecule has 0 spiro atoms. The lowest BCUT2D eigenvalue weighted by molar-refractivity contribution is -0.0677. The van der Waals surface area contributed by atoms with Crippen LogP contribution in [0.25, 0.3) is 0 Å². The number of ether oxygens (including phenoxy) is 2. The van der Waals surface area contributed by atoms with Crippen LogP contribution in [0.5, 0.6) is 0 Å². The Bertz CT molecular complexity index is 682. The third-order valence-electron chi connectivity index (χ3n) is 11.2. The third-order valence-corrected chi connectivity index (χ3v) is 11.2. The van der Waals surface area contributed by atoms with Crippen LogP contribution in [0.2, 0.25) is 0 Å². The molecular formula is C32H56O2. The molecule has 2 heteroatoms. The summed E-state index contributed by atoms with van der Waals surface area (Å²) < 4.78 is 11.9. The zero-order valence-electron chi connectivity index (χ0n) is 23.5. The summed E-state index contributed by atoms with van der Waals surface area (Å²) in [5.74, 6) is 5.53. The van der Waals surface area contributed by atoms with E-state index in [1.807, 2.05) is 0 Å². The molecule has 3 fully saturated rings. The second kappa shape index (κ2) is 11.4. The SMILES string of the molecule is CCCOCCO[C@H]1CC[C@@]2(C)C(=CC[C@@H]3[C@@H]2CC[C@]2(C)C([C@H](C)CCCC(C)C)CC[C@@H]32)C1. The molecule has 1 unspecified atom stereocenters. The first-order chi connectivity index (χ1) is 16.3. The maximum Gasteiger partial charge on any atom is 0.0704 e. The first-order valence-electron chi connectivity index (χ1n) is 15.2. The van der Waals surface area contributed by atoms with E-state index in [0.717, 1.165) is 61.7 Å². The van der Waals surface area contributed by atoms with Crippen molar-refractivity contribution in [2.45, 2.75) is 125 Å². The van der Waals surface area contributed by atoms with E-state index in [2.05, 4.69) is 47.6 Å². The van der Waals surface area contributed by atoms with Gasteiger partial charge in [0.05, 0.1) is 19.3 Å². The zero-order valence-corrected chi connectivity index (χ0v) is 23.5. The van der Waals surface area contributed by atoms with E-state index >= 15 is 0 Å². The largest absolute Gasteiger partial charge is 0.379 e. The molecule has 0 amide bonds. The van der Waals surface area contributed by atoms with Crippen LogP contribution < -0.4 is 0 Å². The van der Waals surface area contributed by atoms with Gasteiger partial charge in [-0.15, -0.1) is 0 Å². The standard InChI is InChI=1S/C32H56O2/c1-7-19-33-20-21-34-26-15-17-31(5)25(22-26)11-12-27-29-14-13-28(24(4)10-8-9-23(2)3)32(29,6)18-16-30(27)31/h11,23-24,26-30H,7-10,12-22H2,1-6H3/t24-,26+,27+,28?,29+,30+,31+,32-/m1/s1. The van der Waals surface area contributed by atoms with E-state index in [4.69, 9.17) is 9.47 Å². The van der Waals surface area contributed by atoms with E-state index in [0.29, 0.717) is 16.9 Å². The summed E-state index contributed by atoms with van der Waals surface area (Å²) in [5, 5.41) is 0. The van der Waals surface area contributed by atoms with Crippen molar-refractivity contribution in [3.8, 4) is 0 Å². The molecule has 0 N–H and O–H groups in total. The number of hydrogen-bond donors (Lipinski definition) is 0. The van der Waals surface area contributed by atoms with Crippen molar-refractivity contribution in [1.82, 2.24) is 0 Å². The molecule has 0 aromatic heterocycles. The summed E-state index contributed by atoms with van der Waals surface area (Å²) in [6.07, 6.45) is 19.5. The second-order valence-electron chi connectivity index (χ2n) is 13.6. The molecule has 0 aromatic rings. The zero-order chi connectivity index (χ0) is 24.3. The molecular weight excluding hydrogens is 416 g/mol. The Kier molecular flexibility index (Phi) is 8.93. The summed E-state index contributed by atoms with van der Waals surface area (Å²) in [5.41, 5.74) is 2.78. The molecule has 0 radical (unpaired) electrons. The Labute approximate surface area is 212 Å². The Balaban J connectivity index is 1.37. The van der Waals surface area contributed by atoms with E-state index in [1.54, 1.807) is 5.57 Å². The Morgan fingerprint density at radius 3 is 2.53 bits per heavy atom. The van der Waals surface area contributed by atoms with E-state index < -0.39 is 0 Å². The predicted molar refractivity (Wildman–Crippen MR) is 144 cm³/mol. The van der Waals surface area contributed by atoms with Gasteiger partial charge in [0.1, 0.15) is 0 Å². The quantitative estimate of drug-likeness (QED) is 0.221. The number of hydrogen-bond acceptors (Lipinski definition) is 2. The molecule has 4 rings (SSSR count). The normalized spacial score (nSPS) is 40.4. The second-order valence-corrected chi connectivity index (χ2v) is 13.6. The van der Waals surface area contributed by atoms with Crippen LogP contribution in [0.3, 0.4) is 0 Å². The summed E-state index contributed by atoms with van der Waals surface area (Å²) in [6.45, 7) is 17.3. The molecule has 4 aliphatic carbocycles. The van der Waals surface area contributed by atoms with E-state index in [1.165, 1.54) is 70.6 Å². The van der Waals surface area contributed by atoms with Gasteiger partial charge >= 0.3 is 0 Å². The van der Waals surface area contributed by atoms with Crippen LogP contribution in [-0.4, -0.2) is 25.9 Å². The Morgan fingerprint density at radius 2 is 1.76 bits per heavy atom. The van der Waals surface area contributed by atoms with Gasteiger partial charge in [0.2, 0.25) is 0 Å². The maximum absolute atomic E-state index is 6.27. The van der Waals surface area contributed by atoms with Crippen LogP contribution in [0.4, 0.5) is 0 Å². The first-order valence-corrected chi connectivity index (χ1v) is 15.2. The molecule has 0 heterocycles. The minimum Gasteiger partial charge on any atom is -0.379 e. The number of allylic oxidation sites excluding steroid dienone is 1. The fourth-order valence-electron chi connectivity index (χ4n) is 9.31. The molecule has 0 aliphatic heterocycles. The van der Waals surface area contributed by atoms with Crippen LogP contribution in [-0.2, 0) is 9.47 Å². The molecule has 2 nitrogen and oxygen atoms in total. The molecule has 3 saturated carbocycles. The van der Waals surface area contributed by atoms with Crippen molar-refractivity contribution >= 4 is 0 Å². The van der Waals surface area contributed by atoms with Gasteiger partial charge < -0.3 is 9.47 Å². The van der Waals surface area contributed by atoms with Gasteiger partial charge in [-0.1, -0.05) is 72.5 Å². The monoisotopic (exact) mass is 472 g/mol. The van der Waals surface area contributed by atoms with Crippen LogP contribution >= 0.6 is 0 Å². The summed E-state index contributed by atoms with van der Waals surface area (Å²) in [4.78, 5) is 0. The highest BCUT2D eigenvalue weighted by atomic mass is 16.5. The summed E-state index contributed by atoms with van der Waals surface area (Å²) in [6, 6.07) is 0. The highest BCUT2D eigenvalue weighted by molar-refractivity contribution is 5.25. The fourth-order valence-corrected chi connectivity index (χ4v) is 9.31. The van der Waals surface area contributed by atoms with Crippen molar-refractivity contribution in [2.75, 3.05) is 19.8 Å². The maximum atomic E-state index is 6.27. The van der Waals surface area contributed by atoms with Crippen LogP contribution in [0, 0.1) is 46.3 Å². The average Bonchev–Trinajstić information content (AvgIpc) is 3.16. The van der Waals surface area contributed by atoms with Gasteiger partial charge in [0, 0.05) is 6.61 Å². The fraction of sp³-hybridized carbons (Fsp3) is 0.938. The van der Waals surface area contributed by atoms with Gasteiger partial charge in [-0.05, 0) is 104 Å². The first kappa shape index (κ1) is 26.7. The van der Waals surface area contributed by atoms with Crippen molar-refractivity contribution in [3.63, 3.8) is 0 Å². The van der Waals surface area contributed by atoms with Crippen LogP contribution in [0.15, 0.2) is 11.6 Å². The Morgan fingerprint density at radius 1 is 0.941 bits per heavy atom. The van der Waals surface area contributed by atoms with Gasteiger partial charge in [-0.3, -0.25) is 0 Å². The van der Waals surface area contributed by atoms with Crippen LogP contribution in [0.1, 0.15) is 119 Å². The predicted octanol–water partition coefficient (Wildman–Crippen LogP) is 8.84. The van der Waals surface area contributed by atoms with Crippen molar-refractivity contribution in [2.24, 2.45) is 46.3 Å². The molecule has 4 aliphatic rings. The van der Waals surface area contributed by atoms with Gasteiger partial charge in [-0.2, -0.15) is 0 Å². The van der Waals surface area contributed by atoms with Crippen molar-refractivity contribution in [3.05, 3.63) is 11.6 Å². The van der Waals surface area contributed by atoms with Gasteiger partial charge in [-0.25, -0.2) is 0 Å². The Hall–Kier alpha value is -0.340. The van der Waals surface area contributed by atoms with Crippen molar-refractivity contribution in [1.29, 1.82) is 0 Å². The molecule has 34 heavy (non-hydrogen) atoms. The lowest BCUT2D eigenvalue weighted by Gasteiger charge is -2.58. The minimum absolute atomic E-state index is 0.414. The topological polar surface area (TPSA) is 18.5 Å². The highest BCUT2D eigenvalue weighted by Crippen LogP contribution is 2.67. The molecule has 0 saturated heterocycles. The highest BCUT2D eigenvalue weighted by Gasteiger charge is 2.59. The smallest absolute Gasteiger partial charge is 0.0704 e. The summed E-state index contributed by atoms with van der Waals surface area (Å²) >= 11 is 0.